The average Bonchev–Trinajstić information content (AvgIpc) is 2.55. The predicted octanol–water partition coefficient (Wildman–Crippen LogP) is 0.343. The summed E-state index contributed by atoms with van der Waals surface area (Å²) < 4.78 is 13.1. The number of rotatable bonds is 6. The van der Waals surface area contributed by atoms with Crippen LogP contribution in [0.4, 0.5) is 5.95 Å². The molecular formula is C11H22N4OS. The second-order valence-corrected chi connectivity index (χ2v) is 6.00. The van der Waals surface area contributed by atoms with Crippen molar-refractivity contribution in [3.05, 3.63) is 11.9 Å². The van der Waals surface area contributed by atoms with E-state index in [0.717, 1.165) is 18.2 Å². The van der Waals surface area contributed by atoms with Gasteiger partial charge in [-0.1, -0.05) is 0 Å². The lowest BCUT2D eigenvalue weighted by atomic mass is 10.3. The lowest BCUT2D eigenvalue weighted by molar-refractivity contribution is 0.570. The third-order valence-corrected chi connectivity index (χ3v) is 3.55. The van der Waals surface area contributed by atoms with Crippen LogP contribution in [0, 0.1) is 0 Å². The van der Waals surface area contributed by atoms with Crippen LogP contribution in [0.15, 0.2) is 6.20 Å². The summed E-state index contributed by atoms with van der Waals surface area (Å²) in [6.45, 7) is 2.79. The summed E-state index contributed by atoms with van der Waals surface area (Å²) in [6.07, 6.45) is 3.60. The molecule has 0 aromatic carbocycles. The number of nitrogens with one attached hydrogen (secondary N) is 1. The summed E-state index contributed by atoms with van der Waals surface area (Å²) >= 11 is 0. The largest absolute Gasteiger partial charge is 0.348 e. The third kappa shape index (κ3) is 4.12. The molecule has 0 aliphatic heterocycles. The van der Waals surface area contributed by atoms with Gasteiger partial charge in [-0.2, -0.15) is 0 Å². The summed E-state index contributed by atoms with van der Waals surface area (Å²) in [5.74, 6) is 1.62. The molecule has 2 unspecified atom stereocenters. The van der Waals surface area contributed by atoms with Crippen molar-refractivity contribution in [2.75, 3.05) is 31.0 Å². The van der Waals surface area contributed by atoms with Gasteiger partial charge in [-0.05, 0) is 6.92 Å². The van der Waals surface area contributed by atoms with Crippen LogP contribution in [-0.2, 0) is 24.4 Å². The number of anilines is 1. The molecule has 1 rings (SSSR count). The second-order valence-electron chi connectivity index (χ2n) is 4.52. The van der Waals surface area contributed by atoms with Crippen LogP contribution in [0.5, 0.6) is 0 Å². The van der Waals surface area contributed by atoms with Gasteiger partial charge >= 0.3 is 0 Å². The van der Waals surface area contributed by atoms with Gasteiger partial charge in [-0.15, -0.1) is 0 Å². The van der Waals surface area contributed by atoms with Crippen LogP contribution in [0.2, 0.25) is 0 Å². The maximum Gasteiger partial charge on any atom is 0.204 e. The Bertz CT molecular complexity index is 389. The van der Waals surface area contributed by atoms with Crippen LogP contribution in [0.25, 0.3) is 0 Å². The van der Waals surface area contributed by atoms with Crippen LogP contribution < -0.4 is 10.2 Å². The molecule has 17 heavy (non-hydrogen) atoms. The Kier molecular flexibility index (Phi) is 5.14. The smallest absolute Gasteiger partial charge is 0.204 e. The molecule has 0 amide bonds. The second kappa shape index (κ2) is 6.16. The van der Waals surface area contributed by atoms with E-state index < -0.39 is 10.8 Å². The standard InChI is InChI=1S/C11H22N4OS/c1-9(8-17(5)16)12-6-10-7-13-11(14(2)3)15(10)4/h7,9,12H,6,8H2,1-5H3. The molecule has 6 heteroatoms. The van der Waals surface area contributed by atoms with Gasteiger partial charge in [0.2, 0.25) is 5.95 Å². The van der Waals surface area contributed by atoms with Crippen LogP contribution in [-0.4, -0.2) is 45.9 Å². The Hall–Kier alpha value is -0.880. The van der Waals surface area contributed by atoms with Crippen molar-refractivity contribution in [2.45, 2.75) is 19.5 Å². The first kappa shape index (κ1) is 14.2. The molecule has 0 radical (unpaired) electrons. The SMILES string of the molecule is CC(CS(C)=O)NCc1cnc(N(C)C)n1C. The van der Waals surface area contributed by atoms with Crippen molar-refractivity contribution in [3.63, 3.8) is 0 Å². The van der Waals surface area contributed by atoms with Gasteiger partial charge in [0.15, 0.2) is 0 Å². The fourth-order valence-corrected chi connectivity index (χ4v) is 2.53. The first-order chi connectivity index (χ1) is 7.91. The highest BCUT2D eigenvalue weighted by molar-refractivity contribution is 7.84. The van der Waals surface area contributed by atoms with E-state index in [9.17, 15) is 4.21 Å². The summed E-state index contributed by atoms with van der Waals surface area (Å²) in [6, 6.07) is 0.249. The van der Waals surface area contributed by atoms with Crippen molar-refractivity contribution < 1.29 is 4.21 Å². The lowest BCUT2D eigenvalue weighted by Gasteiger charge is -2.15. The predicted molar refractivity (Wildman–Crippen MR) is 72.8 cm³/mol. The Balaban J connectivity index is 2.55. The minimum Gasteiger partial charge on any atom is -0.348 e. The number of hydrogen-bond acceptors (Lipinski definition) is 4. The highest BCUT2D eigenvalue weighted by atomic mass is 32.2. The van der Waals surface area contributed by atoms with Gasteiger partial charge in [0.05, 0.1) is 11.9 Å². The third-order valence-electron chi connectivity index (χ3n) is 2.58. The van der Waals surface area contributed by atoms with Gasteiger partial charge in [0, 0.05) is 56.5 Å². The van der Waals surface area contributed by atoms with Crippen molar-refractivity contribution in [3.8, 4) is 0 Å². The van der Waals surface area contributed by atoms with Crippen LogP contribution in [0.3, 0.4) is 0 Å². The van der Waals surface area contributed by atoms with Gasteiger partial charge < -0.3 is 14.8 Å². The Morgan fingerprint density at radius 3 is 2.71 bits per heavy atom. The number of nitrogens with zero attached hydrogens (tertiary/aromatic N) is 3. The quantitative estimate of drug-likeness (QED) is 0.799. The number of imidazole rings is 1. The summed E-state index contributed by atoms with van der Waals surface area (Å²) in [4.78, 5) is 6.32. The molecule has 98 valence electrons. The first-order valence-electron chi connectivity index (χ1n) is 5.63. The van der Waals surface area contributed by atoms with E-state index in [0.29, 0.717) is 5.75 Å². The average molecular weight is 258 g/mol. The van der Waals surface area contributed by atoms with Crippen molar-refractivity contribution in [2.24, 2.45) is 7.05 Å². The highest BCUT2D eigenvalue weighted by Gasteiger charge is 2.09. The topological polar surface area (TPSA) is 50.2 Å². The van der Waals surface area contributed by atoms with E-state index in [1.165, 1.54) is 0 Å². The minimum absolute atomic E-state index is 0.249. The molecule has 0 saturated carbocycles. The molecule has 1 aromatic rings. The number of aromatic nitrogens is 2. The molecule has 1 N–H and O–H groups in total. The Morgan fingerprint density at radius 2 is 2.24 bits per heavy atom. The zero-order valence-corrected chi connectivity index (χ0v) is 12.0. The van der Waals surface area contributed by atoms with Gasteiger partial charge in [-0.3, -0.25) is 4.21 Å². The van der Waals surface area contributed by atoms with Crippen LogP contribution >= 0.6 is 0 Å². The minimum atomic E-state index is -0.754. The fourth-order valence-electron chi connectivity index (χ4n) is 1.70. The highest BCUT2D eigenvalue weighted by Crippen LogP contribution is 2.10. The maximum atomic E-state index is 11.1. The lowest BCUT2D eigenvalue weighted by Crippen LogP contribution is -2.31. The van der Waals surface area contributed by atoms with Crippen molar-refractivity contribution in [1.29, 1.82) is 0 Å². The van der Waals surface area contributed by atoms with E-state index >= 15 is 0 Å². The molecule has 1 aromatic heterocycles. The zero-order chi connectivity index (χ0) is 13.0. The van der Waals surface area contributed by atoms with Gasteiger partial charge in [-0.25, -0.2) is 4.98 Å². The van der Waals surface area contributed by atoms with Crippen molar-refractivity contribution >= 4 is 16.7 Å². The molecule has 0 aliphatic rings. The summed E-state index contributed by atoms with van der Waals surface area (Å²) in [5, 5.41) is 3.35. The molecule has 0 aliphatic carbocycles. The maximum absolute atomic E-state index is 11.1. The van der Waals surface area contributed by atoms with Crippen LogP contribution in [0.1, 0.15) is 12.6 Å². The van der Waals surface area contributed by atoms with E-state index in [-0.39, 0.29) is 6.04 Å². The molecule has 5 nitrogen and oxygen atoms in total. The normalized spacial score (nSPS) is 14.6. The Morgan fingerprint density at radius 1 is 1.59 bits per heavy atom. The monoisotopic (exact) mass is 258 g/mol. The molecule has 2 atom stereocenters. The van der Waals surface area contributed by atoms with E-state index in [1.54, 1.807) is 6.26 Å². The van der Waals surface area contributed by atoms with Crippen molar-refractivity contribution in [1.82, 2.24) is 14.9 Å². The summed E-state index contributed by atoms with van der Waals surface area (Å²) in [7, 11) is 5.20. The van der Waals surface area contributed by atoms with Gasteiger partial charge in [0.1, 0.15) is 0 Å². The number of hydrogen-bond donors (Lipinski definition) is 1. The first-order valence-corrected chi connectivity index (χ1v) is 7.36. The molecular weight excluding hydrogens is 236 g/mol. The molecule has 0 bridgehead atoms. The summed E-state index contributed by atoms with van der Waals surface area (Å²) in [5.41, 5.74) is 1.13. The Labute approximate surface area is 106 Å². The zero-order valence-electron chi connectivity index (χ0n) is 11.2. The molecule has 0 saturated heterocycles. The molecule has 0 spiro atoms. The van der Waals surface area contributed by atoms with E-state index in [2.05, 4.69) is 14.9 Å². The molecule has 0 fully saturated rings. The fraction of sp³-hybridized carbons (Fsp3) is 0.727. The van der Waals surface area contributed by atoms with E-state index in [4.69, 9.17) is 0 Å². The van der Waals surface area contributed by atoms with Gasteiger partial charge in [0.25, 0.3) is 0 Å². The van der Waals surface area contributed by atoms with E-state index in [1.807, 2.05) is 39.2 Å². The molecule has 1 heterocycles.